The van der Waals surface area contributed by atoms with Crippen molar-refractivity contribution in [3.8, 4) is 5.69 Å². The summed E-state index contributed by atoms with van der Waals surface area (Å²) in [7, 11) is 0. The van der Waals surface area contributed by atoms with E-state index in [1.807, 2.05) is 35.0 Å². The Morgan fingerprint density at radius 1 is 1.16 bits per heavy atom. The molecular formula is C20H26N4O. The summed E-state index contributed by atoms with van der Waals surface area (Å²) in [4.78, 5) is 19.5. The van der Waals surface area contributed by atoms with Crippen LogP contribution in [0.2, 0.25) is 0 Å². The number of hydrogen-bond acceptors (Lipinski definition) is 3. The molecule has 2 saturated heterocycles. The summed E-state index contributed by atoms with van der Waals surface area (Å²) in [6.07, 6.45) is 11.3. The van der Waals surface area contributed by atoms with E-state index in [4.69, 9.17) is 0 Å². The van der Waals surface area contributed by atoms with Gasteiger partial charge in [-0.3, -0.25) is 4.79 Å². The van der Waals surface area contributed by atoms with Gasteiger partial charge >= 0.3 is 0 Å². The molecule has 1 unspecified atom stereocenters. The van der Waals surface area contributed by atoms with Crippen LogP contribution in [0.25, 0.3) is 5.69 Å². The number of piperidine rings is 2. The summed E-state index contributed by atoms with van der Waals surface area (Å²) < 4.78 is 1.94. The number of carbonyl (C=O) groups excluding carboxylic acids is 1. The first-order chi connectivity index (χ1) is 12.3. The Bertz CT molecular complexity index is 706. The van der Waals surface area contributed by atoms with E-state index in [1.54, 1.807) is 12.5 Å². The molecule has 0 aliphatic carbocycles. The molecule has 132 valence electrons. The highest BCUT2D eigenvalue weighted by atomic mass is 16.2. The van der Waals surface area contributed by atoms with Crippen molar-refractivity contribution in [3.05, 3.63) is 48.5 Å². The first kappa shape index (κ1) is 16.3. The van der Waals surface area contributed by atoms with Crippen molar-refractivity contribution < 1.29 is 4.79 Å². The zero-order valence-electron chi connectivity index (χ0n) is 14.6. The summed E-state index contributed by atoms with van der Waals surface area (Å²) in [5, 5.41) is 3.44. The second-order valence-electron chi connectivity index (χ2n) is 7.17. The Kier molecular flexibility index (Phi) is 4.83. The van der Waals surface area contributed by atoms with E-state index in [9.17, 15) is 4.79 Å². The highest BCUT2D eigenvalue weighted by Crippen LogP contribution is 2.30. The Labute approximate surface area is 149 Å². The van der Waals surface area contributed by atoms with Crippen molar-refractivity contribution in [1.82, 2.24) is 19.8 Å². The Morgan fingerprint density at radius 2 is 2.04 bits per heavy atom. The number of aromatic nitrogens is 2. The molecule has 1 atom stereocenters. The van der Waals surface area contributed by atoms with Crippen LogP contribution in [-0.2, 0) is 0 Å². The smallest absolute Gasteiger partial charge is 0.254 e. The fourth-order valence-electron chi connectivity index (χ4n) is 4.31. The lowest BCUT2D eigenvalue weighted by atomic mass is 9.84. The average Bonchev–Trinajstić information content (AvgIpc) is 3.23. The fraction of sp³-hybridized carbons (Fsp3) is 0.500. The molecule has 2 aromatic rings. The van der Waals surface area contributed by atoms with Gasteiger partial charge in [0.2, 0.25) is 0 Å². The number of hydrogen-bond donors (Lipinski definition) is 1. The van der Waals surface area contributed by atoms with Gasteiger partial charge in [-0.15, -0.1) is 0 Å². The number of nitrogens with zero attached hydrogens (tertiary/aromatic N) is 3. The maximum Gasteiger partial charge on any atom is 0.254 e. The van der Waals surface area contributed by atoms with Crippen LogP contribution in [0.15, 0.2) is 43.0 Å². The van der Waals surface area contributed by atoms with E-state index in [1.165, 1.54) is 19.3 Å². The molecule has 4 rings (SSSR count). The topological polar surface area (TPSA) is 50.2 Å². The Morgan fingerprint density at radius 3 is 2.84 bits per heavy atom. The molecular weight excluding hydrogens is 312 g/mol. The van der Waals surface area contributed by atoms with Crippen LogP contribution in [-0.4, -0.2) is 46.0 Å². The van der Waals surface area contributed by atoms with E-state index in [0.717, 1.165) is 43.7 Å². The molecule has 1 aromatic heterocycles. The van der Waals surface area contributed by atoms with Gasteiger partial charge in [0.25, 0.3) is 5.91 Å². The fourth-order valence-corrected chi connectivity index (χ4v) is 4.31. The van der Waals surface area contributed by atoms with Gasteiger partial charge in [0.1, 0.15) is 0 Å². The Balaban J connectivity index is 1.57. The van der Waals surface area contributed by atoms with Crippen molar-refractivity contribution in [2.75, 3.05) is 19.6 Å². The molecule has 0 spiro atoms. The summed E-state index contributed by atoms with van der Waals surface area (Å²) >= 11 is 0. The van der Waals surface area contributed by atoms with Gasteiger partial charge in [-0.2, -0.15) is 0 Å². The third-order valence-electron chi connectivity index (χ3n) is 5.63. The maximum absolute atomic E-state index is 13.3. The molecule has 25 heavy (non-hydrogen) atoms. The van der Waals surface area contributed by atoms with E-state index in [2.05, 4.69) is 15.2 Å². The van der Waals surface area contributed by atoms with Gasteiger partial charge < -0.3 is 14.8 Å². The summed E-state index contributed by atoms with van der Waals surface area (Å²) in [6, 6.07) is 8.31. The van der Waals surface area contributed by atoms with E-state index in [0.29, 0.717) is 12.0 Å². The number of carbonyl (C=O) groups is 1. The predicted molar refractivity (Wildman–Crippen MR) is 97.8 cm³/mol. The monoisotopic (exact) mass is 338 g/mol. The van der Waals surface area contributed by atoms with Crippen LogP contribution in [0.3, 0.4) is 0 Å². The zero-order valence-corrected chi connectivity index (χ0v) is 14.6. The van der Waals surface area contributed by atoms with Crippen LogP contribution in [0.1, 0.15) is 42.5 Å². The molecule has 2 fully saturated rings. The Hall–Kier alpha value is -2.14. The number of imidazole rings is 1. The molecule has 1 aromatic carbocycles. The second-order valence-corrected chi connectivity index (χ2v) is 7.17. The highest BCUT2D eigenvalue weighted by Gasteiger charge is 2.33. The molecule has 2 aliphatic rings. The molecule has 1 N–H and O–H groups in total. The van der Waals surface area contributed by atoms with Crippen LogP contribution < -0.4 is 5.32 Å². The van der Waals surface area contributed by atoms with Gasteiger partial charge in [0.05, 0.1) is 6.33 Å². The third-order valence-corrected chi connectivity index (χ3v) is 5.63. The molecule has 5 nitrogen and oxygen atoms in total. The number of amides is 1. The van der Waals surface area contributed by atoms with Crippen LogP contribution in [0.5, 0.6) is 0 Å². The lowest BCUT2D eigenvalue weighted by Gasteiger charge is -2.42. The van der Waals surface area contributed by atoms with Crippen LogP contribution in [0.4, 0.5) is 0 Å². The summed E-state index contributed by atoms with van der Waals surface area (Å²) in [5.74, 6) is 0.826. The maximum atomic E-state index is 13.3. The first-order valence-corrected chi connectivity index (χ1v) is 9.43. The normalized spacial score (nSPS) is 22.1. The first-order valence-electron chi connectivity index (χ1n) is 9.43. The van der Waals surface area contributed by atoms with Gasteiger partial charge in [-0.1, -0.05) is 6.07 Å². The second kappa shape index (κ2) is 7.40. The lowest BCUT2D eigenvalue weighted by molar-refractivity contribution is 0.0476. The molecule has 1 amide bonds. The predicted octanol–water partition coefficient (Wildman–Crippen LogP) is 2.87. The molecule has 3 heterocycles. The zero-order chi connectivity index (χ0) is 17.1. The number of likely N-dealkylation sites (tertiary alicyclic amines) is 1. The standard InChI is InChI=1S/C20H26N4O/c25-20(17-4-3-5-18(14-17)23-13-11-22-15-23)24-12-2-1-6-19(24)16-7-9-21-10-8-16/h3-5,11,13-16,19,21H,1-2,6-10,12H2. The van der Waals surface area contributed by atoms with Crippen molar-refractivity contribution in [2.24, 2.45) is 5.92 Å². The molecule has 0 bridgehead atoms. The third kappa shape index (κ3) is 3.47. The quantitative estimate of drug-likeness (QED) is 0.936. The number of nitrogens with one attached hydrogen (secondary N) is 1. The largest absolute Gasteiger partial charge is 0.335 e. The molecule has 0 saturated carbocycles. The molecule has 2 aliphatic heterocycles. The van der Waals surface area contributed by atoms with Crippen LogP contribution >= 0.6 is 0 Å². The number of rotatable bonds is 3. The van der Waals surface area contributed by atoms with Crippen molar-refractivity contribution in [2.45, 2.75) is 38.1 Å². The lowest BCUT2D eigenvalue weighted by Crippen LogP contribution is -2.49. The minimum Gasteiger partial charge on any atom is -0.335 e. The average molecular weight is 338 g/mol. The van der Waals surface area contributed by atoms with Crippen molar-refractivity contribution in [1.29, 1.82) is 0 Å². The SMILES string of the molecule is O=C(c1cccc(-n2ccnc2)c1)N1CCCCC1C1CCNCC1. The van der Waals surface area contributed by atoms with Gasteiger partial charge in [-0.25, -0.2) is 4.98 Å². The van der Waals surface area contributed by atoms with E-state index in [-0.39, 0.29) is 5.91 Å². The highest BCUT2D eigenvalue weighted by molar-refractivity contribution is 5.95. The minimum atomic E-state index is 0.185. The summed E-state index contributed by atoms with van der Waals surface area (Å²) in [6.45, 7) is 3.06. The van der Waals surface area contributed by atoms with Gasteiger partial charge in [0.15, 0.2) is 0 Å². The van der Waals surface area contributed by atoms with Crippen molar-refractivity contribution >= 4 is 5.91 Å². The van der Waals surface area contributed by atoms with E-state index < -0.39 is 0 Å². The number of benzene rings is 1. The van der Waals surface area contributed by atoms with E-state index >= 15 is 0 Å². The van der Waals surface area contributed by atoms with Gasteiger partial charge in [0, 0.05) is 36.2 Å². The summed E-state index contributed by atoms with van der Waals surface area (Å²) in [5.41, 5.74) is 1.77. The minimum absolute atomic E-state index is 0.185. The van der Waals surface area contributed by atoms with Crippen molar-refractivity contribution in [3.63, 3.8) is 0 Å². The van der Waals surface area contributed by atoms with Crippen LogP contribution in [0, 0.1) is 5.92 Å². The molecule has 5 heteroatoms. The molecule has 0 radical (unpaired) electrons. The van der Waals surface area contributed by atoms with Gasteiger partial charge in [-0.05, 0) is 69.3 Å².